The highest BCUT2D eigenvalue weighted by atomic mass is 16.5. The van der Waals surface area contributed by atoms with E-state index >= 15 is 0 Å². The first-order chi connectivity index (χ1) is 16.5. The highest BCUT2D eigenvalue weighted by molar-refractivity contribution is 5.97. The summed E-state index contributed by atoms with van der Waals surface area (Å²) in [4.78, 5) is 39.1. The third kappa shape index (κ3) is 8.86. The molecular weight excluding hydrogens is 432 g/mol. The molecule has 0 unspecified atom stereocenters. The standard InChI is InChI=1S/C26H36N4O4/c1-4-15-30(16-5-2)26(33)20-10-12-22(13-11-20)29-24(31)19-28-23-9-6-8-21(18-23)25(32)27-14-7-17-34-3/h6,8-13,18,28H,4-5,7,14-17,19H2,1-3H3,(H,27,32)(H,29,31). The van der Waals surface area contributed by atoms with Crippen molar-refractivity contribution < 1.29 is 19.1 Å². The van der Waals surface area contributed by atoms with Gasteiger partial charge >= 0.3 is 0 Å². The van der Waals surface area contributed by atoms with Crippen molar-refractivity contribution in [3.05, 3.63) is 59.7 Å². The second-order valence-electron chi connectivity index (χ2n) is 7.95. The fraction of sp³-hybridized carbons (Fsp3) is 0.423. The number of hydrogen-bond acceptors (Lipinski definition) is 5. The Morgan fingerprint density at radius 1 is 0.912 bits per heavy atom. The van der Waals surface area contributed by atoms with Crippen LogP contribution in [0.15, 0.2) is 48.5 Å². The molecule has 0 spiro atoms. The van der Waals surface area contributed by atoms with Crippen molar-refractivity contribution in [2.45, 2.75) is 33.1 Å². The van der Waals surface area contributed by atoms with E-state index < -0.39 is 0 Å². The molecule has 0 radical (unpaired) electrons. The number of ether oxygens (including phenoxy) is 1. The Morgan fingerprint density at radius 2 is 1.62 bits per heavy atom. The van der Waals surface area contributed by atoms with Crippen LogP contribution >= 0.6 is 0 Å². The molecular formula is C26H36N4O4. The van der Waals surface area contributed by atoms with Crippen molar-refractivity contribution in [3.63, 3.8) is 0 Å². The van der Waals surface area contributed by atoms with E-state index in [4.69, 9.17) is 4.74 Å². The highest BCUT2D eigenvalue weighted by Crippen LogP contribution is 2.14. The Morgan fingerprint density at radius 3 is 2.26 bits per heavy atom. The van der Waals surface area contributed by atoms with Gasteiger partial charge in [-0.25, -0.2) is 0 Å². The van der Waals surface area contributed by atoms with Crippen molar-refractivity contribution >= 4 is 29.1 Å². The Hall–Kier alpha value is -3.39. The monoisotopic (exact) mass is 468 g/mol. The first kappa shape index (κ1) is 26.9. The number of carbonyl (C=O) groups excluding carboxylic acids is 3. The van der Waals surface area contributed by atoms with Gasteiger partial charge in [0.1, 0.15) is 0 Å². The minimum Gasteiger partial charge on any atom is -0.385 e. The average Bonchev–Trinajstić information content (AvgIpc) is 2.85. The maximum atomic E-state index is 12.7. The number of amides is 3. The smallest absolute Gasteiger partial charge is 0.253 e. The van der Waals surface area contributed by atoms with Crippen LogP contribution in [0.3, 0.4) is 0 Å². The average molecular weight is 469 g/mol. The van der Waals surface area contributed by atoms with Crippen LogP contribution in [0, 0.1) is 0 Å². The third-order valence-corrected chi connectivity index (χ3v) is 5.08. The van der Waals surface area contributed by atoms with Crippen LogP contribution in [0.2, 0.25) is 0 Å². The summed E-state index contributed by atoms with van der Waals surface area (Å²) in [6.45, 7) is 6.73. The van der Waals surface area contributed by atoms with E-state index in [1.807, 2.05) is 4.90 Å². The Kier molecular flexibility index (Phi) is 11.6. The minimum atomic E-state index is -0.230. The molecule has 0 fully saturated rings. The normalized spacial score (nSPS) is 10.4. The molecule has 34 heavy (non-hydrogen) atoms. The van der Waals surface area contributed by atoms with Gasteiger partial charge < -0.3 is 25.6 Å². The molecule has 184 valence electrons. The number of carbonyl (C=O) groups is 3. The molecule has 0 atom stereocenters. The van der Waals surface area contributed by atoms with Crippen LogP contribution < -0.4 is 16.0 Å². The van der Waals surface area contributed by atoms with Gasteiger partial charge in [0.05, 0.1) is 6.54 Å². The van der Waals surface area contributed by atoms with Crippen LogP contribution in [-0.2, 0) is 9.53 Å². The first-order valence-electron chi connectivity index (χ1n) is 11.8. The van der Waals surface area contributed by atoms with Gasteiger partial charge in [0.25, 0.3) is 11.8 Å². The zero-order valence-corrected chi connectivity index (χ0v) is 20.4. The lowest BCUT2D eigenvalue weighted by Gasteiger charge is -2.21. The molecule has 0 heterocycles. The summed E-state index contributed by atoms with van der Waals surface area (Å²) in [6.07, 6.45) is 2.56. The van der Waals surface area contributed by atoms with Gasteiger partial charge in [-0.05, 0) is 61.7 Å². The lowest BCUT2D eigenvalue weighted by atomic mass is 10.1. The topological polar surface area (TPSA) is 99.8 Å². The second kappa shape index (κ2) is 14.7. The van der Waals surface area contributed by atoms with E-state index in [0.29, 0.717) is 35.7 Å². The summed E-state index contributed by atoms with van der Waals surface area (Å²) in [5.74, 6) is -0.395. The molecule has 2 rings (SSSR count). The number of rotatable bonds is 14. The van der Waals surface area contributed by atoms with Gasteiger partial charge in [-0.2, -0.15) is 0 Å². The van der Waals surface area contributed by atoms with Crippen LogP contribution in [0.5, 0.6) is 0 Å². The molecule has 8 heteroatoms. The fourth-order valence-electron chi connectivity index (χ4n) is 3.41. The summed E-state index contributed by atoms with van der Waals surface area (Å²) in [5, 5.41) is 8.69. The number of benzene rings is 2. The summed E-state index contributed by atoms with van der Waals surface area (Å²) in [7, 11) is 1.62. The van der Waals surface area contributed by atoms with Gasteiger partial charge in [-0.3, -0.25) is 14.4 Å². The fourth-order valence-corrected chi connectivity index (χ4v) is 3.41. The SMILES string of the molecule is CCCN(CCC)C(=O)c1ccc(NC(=O)CNc2cccc(C(=O)NCCCOC)c2)cc1. The lowest BCUT2D eigenvalue weighted by molar-refractivity contribution is -0.114. The van der Waals surface area contributed by atoms with Crippen molar-refractivity contribution in [1.29, 1.82) is 0 Å². The van der Waals surface area contributed by atoms with E-state index in [1.54, 1.807) is 55.6 Å². The van der Waals surface area contributed by atoms with Gasteiger partial charge in [0, 0.05) is 55.9 Å². The number of nitrogens with zero attached hydrogens (tertiary/aromatic N) is 1. The maximum Gasteiger partial charge on any atom is 0.253 e. The molecule has 0 aliphatic rings. The van der Waals surface area contributed by atoms with Crippen molar-refractivity contribution in [1.82, 2.24) is 10.2 Å². The maximum absolute atomic E-state index is 12.7. The van der Waals surface area contributed by atoms with E-state index in [0.717, 1.165) is 32.4 Å². The lowest BCUT2D eigenvalue weighted by Crippen LogP contribution is -2.32. The third-order valence-electron chi connectivity index (χ3n) is 5.08. The van der Waals surface area contributed by atoms with Gasteiger partial charge in [0.2, 0.25) is 5.91 Å². The van der Waals surface area contributed by atoms with Crippen LogP contribution in [0.1, 0.15) is 53.8 Å². The molecule has 3 N–H and O–H groups in total. The number of anilines is 2. The predicted octanol–water partition coefficient (Wildman–Crippen LogP) is 3.77. The van der Waals surface area contributed by atoms with Gasteiger partial charge in [0.15, 0.2) is 0 Å². The summed E-state index contributed by atoms with van der Waals surface area (Å²) in [5.41, 5.74) is 2.41. The van der Waals surface area contributed by atoms with E-state index in [1.165, 1.54) is 0 Å². The second-order valence-corrected chi connectivity index (χ2v) is 7.95. The van der Waals surface area contributed by atoms with E-state index in [2.05, 4.69) is 29.8 Å². The van der Waals surface area contributed by atoms with Crippen molar-refractivity contribution in [2.24, 2.45) is 0 Å². The summed E-state index contributed by atoms with van der Waals surface area (Å²) >= 11 is 0. The van der Waals surface area contributed by atoms with Crippen molar-refractivity contribution in [2.75, 3.05) is 50.5 Å². The van der Waals surface area contributed by atoms with Crippen LogP contribution in [-0.4, -0.2) is 62.5 Å². The molecule has 3 amide bonds. The van der Waals surface area contributed by atoms with Gasteiger partial charge in [-0.1, -0.05) is 19.9 Å². The van der Waals surface area contributed by atoms with E-state index in [-0.39, 0.29) is 24.3 Å². The van der Waals surface area contributed by atoms with Crippen LogP contribution in [0.4, 0.5) is 11.4 Å². The molecule has 2 aromatic carbocycles. The Bertz CT molecular complexity index is 925. The van der Waals surface area contributed by atoms with Crippen LogP contribution in [0.25, 0.3) is 0 Å². The summed E-state index contributed by atoms with van der Waals surface area (Å²) in [6, 6.07) is 13.9. The number of hydrogen-bond donors (Lipinski definition) is 3. The molecule has 0 saturated heterocycles. The zero-order valence-electron chi connectivity index (χ0n) is 20.4. The number of nitrogens with one attached hydrogen (secondary N) is 3. The highest BCUT2D eigenvalue weighted by Gasteiger charge is 2.14. The molecule has 0 saturated carbocycles. The molecule has 0 bridgehead atoms. The molecule has 8 nitrogen and oxygen atoms in total. The largest absolute Gasteiger partial charge is 0.385 e. The molecule has 0 aromatic heterocycles. The quantitative estimate of drug-likeness (QED) is 0.367. The zero-order chi connectivity index (χ0) is 24.8. The summed E-state index contributed by atoms with van der Waals surface area (Å²) < 4.78 is 4.97. The van der Waals surface area contributed by atoms with Gasteiger partial charge in [-0.15, -0.1) is 0 Å². The number of methoxy groups -OCH3 is 1. The van der Waals surface area contributed by atoms with Crippen molar-refractivity contribution in [3.8, 4) is 0 Å². The molecule has 0 aliphatic carbocycles. The molecule has 2 aromatic rings. The van der Waals surface area contributed by atoms with E-state index in [9.17, 15) is 14.4 Å². The predicted molar refractivity (Wildman–Crippen MR) is 135 cm³/mol. The molecule has 0 aliphatic heterocycles. The Balaban J connectivity index is 1.86. The minimum absolute atomic E-state index is 0.00542. The Labute approximate surface area is 202 Å². The first-order valence-corrected chi connectivity index (χ1v) is 11.8.